The molecular formula is C12H15N3O3. The highest BCUT2D eigenvalue weighted by Gasteiger charge is 2.16. The predicted molar refractivity (Wildman–Crippen MR) is 63.3 cm³/mol. The Balaban J connectivity index is 1.89. The van der Waals surface area contributed by atoms with E-state index in [0.717, 1.165) is 11.5 Å². The summed E-state index contributed by atoms with van der Waals surface area (Å²) in [6, 6.07) is 1.85. The highest BCUT2D eigenvalue weighted by molar-refractivity contribution is 5.96. The summed E-state index contributed by atoms with van der Waals surface area (Å²) in [7, 11) is 0. The van der Waals surface area contributed by atoms with Crippen LogP contribution in [-0.2, 0) is 6.42 Å². The van der Waals surface area contributed by atoms with E-state index in [1.807, 2.05) is 13.0 Å². The largest absolute Gasteiger partial charge is 0.361 e. The van der Waals surface area contributed by atoms with Crippen LogP contribution in [0.15, 0.2) is 15.1 Å². The minimum atomic E-state index is -0.178. The standard InChI is InChI=1S/C12H15N3O3/c1-7-6-10(18-14-7)4-5-13-12(16)11-8(2)15-17-9(11)3/h6H,4-5H2,1-3H3,(H,13,16). The van der Waals surface area contributed by atoms with Crippen LogP contribution in [0.5, 0.6) is 0 Å². The molecule has 0 aliphatic heterocycles. The maximum Gasteiger partial charge on any atom is 0.256 e. The molecular weight excluding hydrogens is 234 g/mol. The molecule has 6 nitrogen and oxygen atoms in total. The topological polar surface area (TPSA) is 81.2 Å². The van der Waals surface area contributed by atoms with Gasteiger partial charge in [-0.3, -0.25) is 4.79 Å². The van der Waals surface area contributed by atoms with Crippen LogP contribution < -0.4 is 5.32 Å². The van der Waals surface area contributed by atoms with E-state index < -0.39 is 0 Å². The highest BCUT2D eigenvalue weighted by Crippen LogP contribution is 2.11. The molecule has 0 aliphatic carbocycles. The normalized spacial score (nSPS) is 10.6. The molecule has 1 amide bonds. The zero-order valence-electron chi connectivity index (χ0n) is 10.6. The number of aryl methyl sites for hydroxylation is 3. The molecule has 1 N–H and O–H groups in total. The lowest BCUT2D eigenvalue weighted by atomic mass is 10.2. The van der Waals surface area contributed by atoms with Gasteiger partial charge < -0.3 is 14.4 Å². The molecule has 2 heterocycles. The first-order valence-corrected chi connectivity index (χ1v) is 5.71. The van der Waals surface area contributed by atoms with E-state index in [1.165, 1.54) is 0 Å². The number of nitrogens with one attached hydrogen (secondary N) is 1. The number of carbonyl (C=O) groups excluding carboxylic acids is 1. The molecule has 2 rings (SSSR count). The number of carbonyl (C=O) groups is 1. The quantitative estimate of drug-likeness (QED) is 0.889. The number of nitrogens with zero attached hydrogens (tertiary/aromatic N) is 2. The van der Waals surface area contributed by atoms with Gasteiger partial charge in [0, 0.05) is 19.0 Å². The van der Waals surface area contributed by atoms with E-state index in [1.54, 1.807) is 13.8 Å². The maximum absolute atomic E-state index is 11.9. The third-order valence-electron chi connectivity index (χ3n) is 2.59. The molecule has 0 bridgehead atoms. The van der Waals surface area contributed by atoms with Gasteiger partial charge in [0.1, 0.15) is 17.1 Å². The molecule has 96 valence electrons. The van der Waals surface area contributed by atoms with Crippen molar-refractivity contribution in [1.82, 2.24) is 15.6 Å². The molecule has 0 unspecified atom stereocenters. The van der Waals surface area contributed by atoms with Crippen LogP contribution in [0.4, 0.5) is 0 Å². The Labute approximate surface area is 104 Å². The number of amides is 1. The van der Waals surface area contributed by atoms with Crippen molar-refractivity contribution in [3.63, 3.8) is 0 Å². The lowest BCUT2D eigenvalue weighted by molar-refractivity contribution is 0.0951. The van der Waals surface area contributed by atoms with Gasteiger partial charge >= 0.3 is 0 Å². The lowest BCUT2D eigenvalue weighted by Crippen LogP contribution is -2.26. The third-order valence-corrected chi connectivity index (χ3v) is 2.59. The van der Waals surface area contributed by atoms with Gasteiger partial charge in [-0.2, -0.15) is 0 Å². The summed E-state index contributed by atoms with van der Waals surface area (Å²) < 4.78 is 10.00. The summed E-state index contributed by atoms with van der Waals surface area (Å²) in [4.78, 5) is 11.9. The van der Waals surface area contributed by atoms with Crippen molar-refractivity contribution in [2.45, 2.75) is 27.2 Å². The van der Waals surface area contributed by atoms with Crippen LogP contribution in [0.1, 0.15) is 33.3 Å². The van der Waals surface area contributed by atoms with Crippen LogP contribution in [-0.4, -0.2) is 22.8 Å². The van der Waals surface area contributed by atoms with E-state index in [2.05, 4.69) is 15.6 Å². The molecule has 0 saturated carbocycles. The van der Waals surface area contributed by atoms with E-state index >= 15 is 0 Å². The smallest absolute Gasteiger partial charge is 0.256 e. The van der Waals surface area contributed by atoms with Crippen LogP contribution in [0.3, 0.4) is 0 Å². The van der Waals surface area contributed by atoms with Gasteiger partial charge in [0.05, 0.1) is 11.4 Å². The van der Waals surface area contributed by atoms with E-state index in [-0.39, 0.29) is 5.91 Å². The average molecular weight is 249 g/mol. The Morgan fingerprint density at radius 2 is 2.06 bits per heavy atom. The lowest BCUT2D eigenvalue weighted by Gasteiger charge is -2.02. The summed E-state index contributed by atoms with van der Waals surface area (Å²) in [6.45, 7) is 5.80. The Morgan fingerprint density at radius 3 is 2.61 bits per heavy atom. The molecule has 0 atom stereocenters. The summed E-state index contributed by atoms with van der Waals surface area (Å²) in [5.41, 5.74) is 1.94. The average Bonchev–Trinajstić information content (AvgIpc) is 2.86. The summed E-state index contributed by atoms with van der Waals surface area (Å²) in [6.07, 6.45) is 0.607. The number of hydrogen-bond acceptors (Lipinski definition) is 5. The SMILES string of the molecule is Cc1cc(CCNC(=O)c2c(C)noc2C)on1. The van der Waals surface area contributed by atoms with Gasteiger partial charge in [0.25, 0.3) is 5.91 Å². The van der Waals surface area contributed by atoms with Gasteiger partial charge in [-0.1, -0.05) is 10.3 Å². The molecule has 6 heteroatoms. The fourth-order valence-corrected chi connectivity index (χ4v) is 1.73. The van der Waals surface area contributed by atoms with Crippen LogP contribution in [0.2, 0.25) is 0 Å². The van der Waals surface area contributed by atoms with Gasteiger partial charge in [-0.25, -0.2) is 0 Å². The van der Waals surface area contributed by atoms with Crippen molar-refractivity contribution in [1.29, 1.82) is 0 Å². The van der Waals surface area contributed by atoms with Crippen molar-refractivity contribution in [2.75, 3.05) is 6.54 Å². The molecule has 18 heavy (non-hydrogen) atoms. The minimum absolute atomic E-state index is 0.178. The first-order valence-electron chi connectivity index (χ1n) is 5.71. The van der Waals surface area contributed by atoms with Crippen LogP contribution in [0.25, 0.3) is 0 Å². The Bertz CT molecular complexity index is 537. The number of hydrogen-bond donors (Lipinski definition) is 1. The maximum atomic E-state index is 11.9. The Morgan fingerprint density at radius 1 is 1.28 bits per heavy atom. The first-order chi connectivity index (χ1) is 8.58. The molecule has 2 aromatic rings. The van der Waals surface area contributed by atoms with Gasteiger partial charge in [-0.15, -0.1) is 0 Å². The molecule has 0 radical (unpaired) electrons. The zero-order chi connectivity index (χ0) is 13.1. The van der Waals surface area contributed by atoms with E-state index in [9.17, 15) is 4.79 Å². The van der Waals surface area contributed by atoms with Crippen LogP contribution >= 0.6 is 0 Å². The molecule has 0 aromatic carbocycles. The second-order valence-electron chi connectivity index (χ2n) is 4.14. The number of aromatic nitrogens is 2. The predicted octanol–water partition coefficient (Wildman–Crippen LogP) is 1.56. The van der Waals surface area contributed by atoms with Gasteiger partial charge in [-0.05, 0) is 20.8 Å². The summed E-state index contributed by atoms with van der Waals surface area (Å²) in [5, 5.41) is 10.3. The summed E-state index contributed by atoms with van der Waals surface area (Å²) in [5.74, 6) is 1.11. The van der Waals surface area contributed by atoms with E-state index in [0.29, 0.717) is 30.0 Å². The first kappa shape index (κ1) is 12.3. The minimum Gasteiger partial charge on any atom is -0.361 e. The van der Waals surface area contributed by atoms with Gasteiger partial charge in [0.2, 0.25) is 0 Å². The van der Waals surface area contributed by atoms with Gasteiger partial charge in [0.15, 0.2) is 0 Å². The van der Waals surface area contributed by atoms with Crippen LogP contribution in [0, 0.1) is 20.8 Å². The second-order valence-corrected chi connectivity index (χ2v) is 4.14. The van der Waals surface area contributed by atoms with E-state index in [4.69, 9.17) is 9.05 Å². The molecule has 0 spiro atoms. The molecule has 0 saturated heterocycles. The summed E-state index contributed by atoms with van der Waals surface area (Å²) >= 11 is 0. The third kappa shape index (κ3) is 2.58. The fraction of sp³-hybridized carbons (Fsp3) is 0.417. The fourth-order valence-electron chi connectivity index (χ4n) is 1.73. The zero-order valence-corrected chi connectivity index (χ0v) is 10.6. The second kappa shape index (κ2) is 5.03. The van der Waals surface area contributed by atoms with Crippen molar-refractivity contribution in [3.8, 4) is 0 Å². The Hall–Kier alpha value is -2.11. The monoisotopic (exact) mass is 249 g/mol. The Kier molecular flexibility index (Phi) is 3.45. The molecule has 0 fully saturated rings. The van der Waals surface area contributed by atoms with Crippen molar-refractivity contribution < 1.29 is 13.8 Å². The highest BCUT2D eigenvalue weighted by atomic mass is 16.5. The molecule has 2 aromatic heterocycles. The van der Waals surface area contributed by atoms with Crippen molar-refractivity contribution >= 4 is 5.91 Å². The van der Waals surface area contributed by atoms with Crippen molar-refractivity contribution in [2.24, 2.45) is 0 Å². The van der Waals surface area contributed by atoms with Crippen molar-refractivity contribution in [3.05, 3.63) is 34.5 Å². The number of rotatable bonds is 4. The molecule has 0 aliphatic rings.